The van der Waals surface area contributed by atoms with Crippen molar-refractivity contribution < 1.29 is 4.74 Å². The van der Waals surface area contributed by atoms with Crippen LogP contribution in [-0.4, -0.2) is 25.6 Å². The minimum atomic E-state index is 0.563. The number of nitriles is 1. The molecule has 0 fully saturated rings. The van der Waals surface area contributed by atoms with Crippen LogP contribution >= 0.6 is 15.9 Å². The average Bonchev–Trinajstić information content (AvgIpc) is 2.26. The van der Waals surface area contributed by atoms with Gasteiger partial charge in [0.15, 0.2) is 0 Å². The lowest BCUT2D eigenvalue weighted by Crippen LogP contribution is -2.18. The van der Waals surface area contributed by atoms with E-state index < -0.39 is 0 Å². The fourth-order valence-electron chi connectivity index (χ4n) is 1.44. The first-order chi connectivity index (χ1) is 7.67. The summed E-state index contributed by atoms with van der Waals surface area (Å²) >= 11 is 3.45. The third-order valence-corrected chi connectivity index (χ3v) is 2.89. The van der Waals surface area contributed by atoms with E-state index in [1.165, 1.54) is 5.56 Å². The van der Waals surface area contributed by atoms with E-state index in [-0.39, 0.29) is 0 Å². The van der Waals surface area contributed by atoms with Crippen LogP contribution in [0, 0.1) is 11.3 Å². The zero-order chi connectivity index (χ0) is 12.0. The lowest BCUT2D eigenvalue weighted by atomic mass is 10.2. The molecule has 0 heterocycles. The number of nitrogens with zero attached hydrogens (tertiary/aromatic N) is 2. The van der Waals surface area contributed by atoms with Crippen molar-refractivity contribution in [2.45, 2.75) is 13.0 Å². The van der Waals surface area contributed by atoms with Crippen LogP contribution in [0.25, 0.3) is 0 Å². The zero-order valence-corrected chi connectivity index (χ0v) is 11.1. The predicted octanol–water partition coefficient (Wildman–Crippen LogP) is 2.80. The summed E-state index contributed by atoms with van der Waals surface area (Å²) in [5, 5.41) is 8.49. The molecular formula is C12H15BrN2O. The second kappa shape index (κ2) is 6.51. The molecular weight excluding hydrogens is 268 g/mol. The van der Waals surface area contributed by atoms with E-state index in [0.29, 0.717) is 6.42 Å². The first-order valence-electron chi connectivity index (χ1n) is 5.05. The summed E-state index contributed by atoms with van der Waals surface area (Å²) in [6.07, 6.45) is 0.563. The number of hydrogen-bond donors (Lipinski definition) is 0. The molecule has 1 aromatic rings. The van der Waals surface area contributed by atoms with Gasteiger partial charge in [-0.05, 0) is 40.7 Å². The molecule has 86 valence electrons. The van der Waals surface area contributed by atoms with Gasteiger partial charge in [0.05, 0.1) is 17.7 Å². The van der Waals surface area contributed by atoms with Crippen molar-refractivity contribution in [3.05, 3.63) is 28.2 Å². The van der Waals surface area contributed by atoms with Gasteiger partial charge in [0, 0.05) is 19.5 Å². The van der Waals surface area contributed by atoms with Crippen molar-refractivity contribution in [1.82, 2.24) is 4.90 Å². The van der Waals surface area contributed by atoms with Gasteiger partial charge in [0.25, 0.3) is 0 Å². The van der Waals surface area contributed by atoms with Crippen LogP contribution < -0.4 is 4.74 Å². The molecule has 0 amide bonds. The Morgan fingerprint density at radius 3 is 2.81 bits per heavy atom. The van der Waals surface area contributed by atoms with E-state index in [0.717, 1.165) is 23.3 Å². The van der Waals surface area contributed by atoms with E-state index in [4.69, 9.17) is 10.00 Å². The molecule has 0 spiro atoms. The molecule has 3 nitrogen and oxygen atoms in total. The van der Waals surface area contributed by atoms with Crippen molar-refractivity contribution in [1.29, 1.82) is 5.26 Å². The highest BCUT2D eigenvalue weighted by molar-refractivity contribution is 9.10. The molecule has 0 bridgehead atoms. The summed E-state index contributed by atoms with van der Waals surface area (Å²) < 4.78 is 6.13. The summed E-state index contributed by atoms with van der Waals surface area (Å²) in [4.78, 5) is 2.12. The van der Waals surface area contributed by atoms with Gasteiger partial charge in [-0.15, -0.1) is 0 Å². The summed E-state index contributed by atoms with van der Waals surface area (Å²) in [6, 6.07) is 8.16. The standard InChI is InChI=1S/C12H15BrN2O/c1-15(7-3-6-14)9-10-4-5-12(16-2)11(13)8-10/h4-5,8H,3,7,9H2,1-2H3. The smallest absolute Gasteiger partial charge is 0.133 e. The molecule has 0 saturated carbocycles. The first kappa shape index (κ1) is 13.0. The Bertz CT molecular complexity index is 387. The second-order valence-corrected chi connectivity index (χ2v) is 4.47. The van der Waals surface area contributed by atoms with Crippen LogP contribution in [0.15, 0.2) is 22.7 Å². The predicted molar refractivity (Wildman–Crippen MR) is 67.3 cm³/mol. The Morgan fingerprint density at radius 1 is 1.50 bits per heavy atom. The number of rotatable bonds is 5. The molecule has 0 N–H and O–H groups in total. The van der Waals surface area contributed by atoms with Gasteiger partial charge < -0.3 is 9.64 Å². The van der Waals surface area contributed by atoms with Gasteiger partial charge in [0.2, 0.25) is 0 Å². The third-order valence-electron chi connectivity index (χ3n) is 2.27. The Labute approximate surface area is 105 Å². The maximum atomic E-state index is 8.49. The minimum Gasteiger partial charge on any atom is -0.496 e. The van der Waals surface area contributed by atoms with Gasteiger partial charge in [-0.2, -0.15) is 5.26 Å². The lowest BCUT2D eigenvalue weighted by molar-refractivity contribution is 0.334. The minimum absolute atomic E-state index is 0.563. The normalized spacial score (nSPS) is 10.2. The van der Waals surface area contributed by atoms with Crippen LogP contribution in [0.2, 0.25) is 0 Å². The van der Waals surface area contributed by atoms with Gasteiger partial charge in [0.1, 0.15) is 5.75 Å². The largest absolute Gasteiger partial charge is 0.496 e. The average molecular weight is 283 g/mol. The number of hydrogen-bond acceptors (Lipinski definition) is 3. The van der Waals surface area contributed by atoms with Gasteiger partial charge >= 0.3 is 0 Å². The van der Waals surface area contributed by atoms with E-state index in [1.54, 1.807) is 7.11 Å². The molecule has 0 aromatic heterocycles. The van der Waals surface area contributed by atoms with Crippen LogP contribution in [0.1, 0.15) is 12.0 Å². The topological polar surface area (TPSA) is 36.3 Å². The Hall–Kier alpha value is -1.05. The second-order valence-electron chi connectivity index (χ2n) is 3.61. The van der Waals surface area contributed by atoms with Crippen molar-refractivity contribution in [2.75, 3.05) is 20.7 Å². The number of methoxy groups -OCH3 is 1. The third kappa shape index (κ3) is 3.84. The van der Waals surface area contributed by atoms with Crippen LogP contribution in [0.4, 0.5) is 0 Å². The SMILES string of the molecule is COc1ccc(CN(C)CCC#N)cc1Br. The van der Waals surface area contributed by atoms with Crippen molar-refractivity contribution in [3.63, 3.8) is 0 Å². The molecule has 0 unspecified atom stereocenters. The van der Waals surface area contributed by atoms with E-state index in [1.807, 2.05) is 25.2 Å². The van der Waals surface area contributed by atoms with Gasteiger partial charge in [-0.3, -0.25) is 0 Å². The number of ether oxygens (including phenoxy) is 1. The summed E-state index contributed by atoms with van der Waals surface area (Å²) in [7, 11) is 3.66. The Balaban J connectivity index is 2.61. The summed E-state index contributed by atoms with van der Waals surface area (Å²) in [6.45, 7) is 1.63. The van der Waals surface area contributed by atoms with Crippen LogP contribution in [-0.2, 0) is 6.54 Å². The van der Waals surface area contributed by atoms with Crippen molar-refractivity contribution >= 4 is 15.9 Å². The molecule has 0 radical (unpaired) electrons. The Morgan fingerprint density at radius 2 is 2.25 bits per heavy atom. The molecule has 1 aromatic carbocycles. The van der Waals surface area contributed by atoms with Crippen LogP contribution in [0.5, 0.6) is 5.75 Å². The molecule has 0 aliphatic rings. The highest BCUT2D eigenvalue weighted by atomic mass is 79.9. The Kier molecular flexibility index (Phi) is 5.30. The molecule has 1 rings (SSSR count). The molecule has 4 heteroatoms. The molecule has 0 aliphatic carbocycles. The molecule has 16 heavy (non-hydrogen) atoms. The van der Waals surface area contributed by atoms with Gasteiger partial charge in [-0.25, -0.2) is 0 Å². The fourth-order valence-corrected chi connectivity index (χ4v) is 2.03. The monoisotopic (exact) mass is 282 g/mol. The fraction of sp³-hybridized carbons (Fsp3) is 0.417. The van der Waals surface area contributed by atoms with Crippen molar-refractivity contribution in [2.24, 2.45) is 0 Å². The maximum Gasteiger partial charge on any atom is 0.133 e. The highest BCUT2D eigenvalue weighted by Crippen LogP contribution is 2.25. The number of halogens is 1. The molecule has 0 atom stereocenters. The highest BCUT2D eigenvalue weighted by Gasteiger charge is 2.04. The van der Waals surface area contributed by atoms with Crippen LogP contribution in [0.3, 0.4) is 0 Å². The molecule has 0 saturated heterocycles. The van der Waals surface area contributed by atoms with E-state index in [2.05, 4.69) is 26.9 Å². The maximum absolute atomic E-state index is 8.49. The van der Waals surface area contributed by atoms with Gasteiger partial charge in [-0.1, -0.05) is 6.07 Å². The first-order valence-corrected chi connectivity index (χ1v) is 5.84. The summed E-state index contributed by atoms with van der Waals surface area (Å²) in [5.74, 6) is 0.837. The van der Waals surface area contributed by atoms with E-state index >= 15 is 0 Å². The molecule has 0 aliphatic heterocycles. The summed E-state index contributed by atoms with van der Waals surface area (Å²) in [5.41, 5.74) is 1.20. The quantitative estimate of drug-likeness (QED) is 0.833. The zero-order valence-electron chi connectivity index (χ0n) is 9.53. The lowest BCUT2D eigenvalue weighted by Gasteiger charge is -2.15. The van der Waals surface area contributed by atoms with Crippen molar-refractivity contribution in [3.8, 4) is 11.8 Å². The number of benzene rings is 1. The van der Waals surface area contributed by atoms with E-state index in [9.17, 15) is 0 Å².